The van der Waals surface area contributed by atoms with Gasteiger partial charge in [-0.15, -0.1) is 0 Å². The summed E-state index contributed by atoms with van der Waals surface area (Å²) in [4.78, 5) is 10.9. The summed E-state index contributed by atoms with van der Waals surface area (Å²) in [5, 5.41) is 2.78. The van der Waals surface area contributed by atoms with Gasteiger partial charge >= 0.3 is 0 Å². The zero-order chi connectivity index (χ0) is 9.26. The molecule has 0 radical (unpaired) electrons. The highest BCUT2D eigenvalue weighted by molar-refractivity contribution is 8.12. The first-order valence-electron chi connectivity index (χ1n) is 4.05. The lowest BCUT2D eigenvalue weighted by Crippen LogP contribution is -2.21. The van der Waals surface area contributed by atoms with Crippen molar-refractivity contribution in [3.8, 4) is 0 Å². The van der Waals surface area contributed by atoms with E-state index in [1.807, 2.05) is 31.2 Å². The van der Waals surface area contributed by atoms with Gasteiger partial charge in [0.05, 0.1) is 0 Å². The maximum absolute atomic E-state index is 10.9. The Balaban J connectivity index is 2.17. The average Bonchev–Trinajstić information content (AvgIpc) is 2.53. The molecule has 68 valence electrons. The van der Waals surface area contributed by atoms with Gasteiger partial charge in [0.15, 0.2) is 0 Å². The highest BCUT2D eigenvalue weighted by atomic mass is 32.2. The fourth-order valence-electron chi connectivity index (χ4n) is 1.20. The van der Waals surface area contributed by atoms with E-state index < -0.39 is 0 Å². The molecule has 2 N–H and O–H groups in total. The maximum atomic E-state index is 10.9. The van der Waals surface area contributed by atoms with E-state index in [4.69, 9.17) is 0 Å². The van der Waals surface area contributed by atoms with E-state index in [0.717, 1.165) is 17.5 Å². The van der Waals surface area contributed by atoms with Crippen LogP contribution >= 0.6 is 11.9 Å². The average molecular weight is 194 g/mol. The van der Waals surface area contributed by atoms with Crippen molar-refractivity contribution in [2.45, 2.75) is 13.1 Å². The number of amides is 1. The normalized spacial score (nSPS) is 21.6. The van der Waals surface area contributed by atoms with Crippen molar-refractivity contribution in [2.24, 2.45) is 0 Å². The van der Waals surface area contributed by atoms with Crippen LogP contribution in [-0.4, -0.2) is 5.24 Å². The van der Waals surface area contributed by atoms with Crippen molar-refractivity contribution in [1.82, 2.24) is 10.0 Å². The molecule has 0 bridgehead atoms. The second-order valence-electron chi connectivity index (χ2n) is 3.00. The zero-order valence-electron chi connectivity index (χ0n) is 7.20. The second-order valence-corrected chi connectivity index (χ2v) is 3.81. The van der Waals surface area contributed by atoms with E-state index in [1.54, 1.807) is 0 Å². The van der Waals surface area contributed by atoms with Crippen LogP contribution in [0.1, 0.15) is 17.3 Å². The van der Waals surface area contributed by atoms with Crippen LogP contribution in [0.4, 0.5) is 4.79 Å². The fraction of sp³-hybridized carbons (Fsp3) is 0.222. The van der Waals surface area contributed by atoms with Crippen LogP contribution in [0.5, 0.6) is 0 Å². The third-order valence-electron chi connectivity index (χ3n) is 1.94. The minimum Gasteiger partial charge on any atom is -0.326 e. The second kappa shape index (κ2) is 3.40. The molecule has 1 fully saturated rings. The summed E-state index contributed by atoms with van der Waals surface area (Å²) in [6.45, 7) is 2.04. The molecule has 2 rings (SSSR count). The zero-order valence-corrected chi connectivity index (χ0v) is 8.02. The molecular formula is C9H10N2OS. The molecule has 13 heavy (non-hydrogen) atoms. The molecule has 0 aromatic heterocycles. The lowest BCUT2D eigenvalue weighted by Gasteiger charge is -2.09. The van der Waals surface area contributed by atoms with Gasteiger partial charge in [-0.05, 0) is 12.5 Å². The summed E-state index contributed by atoms with van der Waals surface area (Å²) in [7, 11) is 0. The Hall–Kier alpha value is -1.00. The predicted molar refractivity (Wildman–Crippen MR) is 53.2 cm³/mol. The molecule has 3 nitrogen and oxygen atoms in total. The van der Waals surface area contributed by atoms with Crippen molar-refractivity contribution >= 4 is 17.2 Å². The van der Waals surface area contributed by atoms with E-state index in [1.165, 1.54) is 5.56 Å². The van der Waals surface area contributed by atoms with Crippen molar-refractivity contribution in [3.63, 3.8) is 0 Å². The molecule has 1 aromatic rings. The highest BCUT2D eigenvalue weighted by Crippen LogP contribution is 2.20. The van der Waals surface area contributed by atoms with Gasteiger partial charge in [-0.1, -0.05) is 29.8 Å². The highest BCUT2D eigenvalue weighted by Gasteiger charge is 2.21. The first kappa shape index (κ1) is 8.59. The molecule has 0 saturated carbocycles. The van der Waals surface area contributed by atoms with Crippen molar-refractivity contribution < 1.29 is 4.79 Å². The van der Waals surface area contributed by atoms with Gasteiger partial charge in [0, 0.05) is 11.9 Å². The molecular weight excluding hydrogens is 184 g/mol. The van der Waals surface area contributed by atoms with Crippen molar-refractivity contribution in [1.29, 1.82) is 0 Å². The molecule has 1 amide bonds. The molecule has 0 spiro atoms. The number of hydrogen-bond acceptors (Lipinski definition) is 3. The number of carbonyl (C=O) groups excluding carboxylic acids is 1. The Kier molecular flexibility index (Phi) is 2.24. The van der Waals surface area contributed by atoms with E-state index in [-0.39, 0.29) is 11.4 Å². The number of rotatable bonds is 1. The SMILES string of the molecule is Cc1ccc(C2NSC(=O)N2)cc1. The summed E-state index contributed by atoms with van der Waals surface area (Å²) in [6, 6.07) is 8.09. The molecule has 4 heteroatoms. The van der Waals surface area contributed by atoms with E-state index >= 15 is 0 Å². The van der Waals surface area contributed by atoms with Gasteiger partial charge in [0.2, 0.25) is 0 Å². The summed E-state index contributed by atoms with van der Waals surface area (Å²) in [5.41, 5.74) is 2.31. The van der Waals surface area contributed by atoms with Gasteiger partial charge in [0.1, 0.15) is 6.17 Å². The maximum Gasteiger partial charge on any atom is 0.295 e. The number of carbonyl (C=O) groups is 1. The number of benzene rings is 1. The monoisotopic (exact) mass is 194 g/mol. The van der Waals surface area contributed by atoms with Crippen LogP contribution in [0.2, 0.25) is 0 Å². The number of aryl methyl sites for hydroxylation is 1. The molecule has 1 unspecified atom stereocenters. The first-order valence-corrected chi connectivity index (χ1v) is 4.87. The van der Waals surface area contributed by atoms with Crippen LogP contribution in [0.25, 0.3) is 0 Å². The number of hydrogen-bond donors (Lipinski definition) is 2. The standard InChI is InChI=1S/C9H10N2OS/c1-6-2-4-7(5-3-6)8-10-9(12)13-11-8/h2-5,8,11H,1H3,(H,10,12). The summed E-state index contributed by atoms with van der Waals surface area (Å²) in [5.74, 6) is 0. The topological polar surface area (TPSA) is 41.1 Å². The molecule has 0 aliphatic carbocycles. The molecule has 1 aliphatic rings. The van der Waals surface area contributed by atoms with Gasteiger partial charge in [0.25, 0.3) is 5.24 Å². The third kappa shape index (κ3) is 1.84. The smallest absolute Gasteiger partial charge is 0.295 e. The Bertz CT molecular complexity index is 323. The molecule has 1 heterocycles. The first-order chi connectivity index (χ1) is 6.25. The molecule has 1 aliphatic heterocycles. The minimum atomic E-state index is -0.0434. The quantitative estimate of drug-likeness (QED) is 0.671. The molecule has 1 saturated heterocycles. The van der Waals surface area contributed by atoms with E-state index in [9.17, 15) is 4.79 Å². The van der Waals surface area contributed by atoms with Crippen LogP contribution in [0.3, 0.4) is 0 Å². The van der Waals surface area contributed by atoms with Crippen molar-refractivity contribution in [2.75, 3.05) is 0 Å². The van der Waals surface area contributed by atoms with Crippen LogP contribution in [-0.2, 0) is 0 Å². The third-order valence-corrected chi connectivity index (χ3v) is 2.60. The van der Waals surface area contributed by atoms with E-state index in [2.05, 4.69) is 10.0 Å². The lowest BCUT2D eigenvalue weighted by molar-refractivity contribution is 0.259. The Labute approximate surface area is 81.0 Å². The number of nitrogens with one attached hydrogen (secondary N) is 2. The largest absolute Gasteiger partial charge is 0.326 e. The Morgan fingerprint density at radius 1 is 1.31 bits per heavy atom. The van der Waals surface area contributed by atoms with Gasteiger partial charge in [-0.2, -0.15) is 0 Å². The Morgan fingerprint density at radius 2 is 2.00 bits per heavy atom. The van der Waals surface area contributed by atoms with Crippen LogP contribution < -0.4 is 10.0 Å². The molecule has 1 aromatic carbocycles. The fourth-order valence-corrected chi connectivity index (χ4v) is 1.80. The summed E-state index contributed by atoms with van der Waals surface area (Å²) < 4.78 is 3.00. The summed E-state index contributed by atoms with van der Waals surface area (Å²) in [6.07, 6.45) is -0.0434. The minimum absolute atomic E-state index is 0.0226. The van der Waals surface area contributed by atoms with Crippen LogP contribution in [0, 0.1) is 6.92 Å². The van der Waals surface area contributed by atoms with Crippen LogP contribution in [0.15, 0.2) is 24.3 Å². The molecule has 1 atom stereocenters. The summed E-state index contributed by atoms with van der Waals surface area (Å²) >= 11 is 1.10. The van der Waals surface area contributed by atoms with Gasteiger partial charge < -0.3 is 5.32 Å². The lowest BCUT2D eigenvalue weighted by atomic mass is 10.1. The van der Waals surface area contributed by atoms with Gasteiger partial charge in [-0.25, -0.2) is 4.72 Å². The Morgan fingerprint density at radius 3 is 2.54 bits per heavy atom. The van der Waals surface area contributed by atoms with Gasteiger partial charge in [-0.3, -0.25) is 4.79 Å². The van der Waals surface area contributed by atoms with E-state index in [0.29, 0.717) is 0 Å². The predicted octanol–water partition coefficient (Wildman–Crippen LogP) is 1.95. The van der Waals surface area contributed by atoms with Crippen molar-refractivity contribution in [3.05, 3.63) is 35.4 Å².